The van der Waals surface area contributed by atoms with E-state index in [1.165, 1.54) is 12.1 Å². The maximum absolute atomic E-state index is 12.9. The van der Waals surface area contributed by atoms with Crippen molar-refractivity contribution in [2.75, 3.05) is 19.7 Å². The van der Waals surface area contributed by atoms with Crippen LogP contribution in [0.5, 0.6) is 5.75 Å². The lowest BCUT2D eigenvalue weighted by Crippen LogP contribution is -2.35. The zero-order valence-corrected chi connectivity index (χ0v) is 16.1. The maximum atomic E-state index is 12.9. The molecule has 0 aliphatic carbocycles. The van der Waals surface area contributed by atoms with Gasteiger partial charge in [-0.1, -0.05) is 35.9 Å². The number of ether oxygens (including phenoxy) is 1. The lowest BCUT2D eigenvalue weighted by atomic mass is 10.1. The molecule has 0 saturated carbocycles. The number of rotatable bonds is 9. The fourth-order valence-electron chi connectivity index (χ4n) is 2.47. The van der Waals surface area contributed by atoms with Gasteiger partial charge >= 0.3 is 6.18 Å². The summed E-state index contributed by atoms with van der Waals surface area (Å²) >= 11 is 5.95. The van der Waals surface area contributed by atoms with Crippen LogP contribution in [0.4, 0.5) is 13.2 Å². The van der Waals surface area contributed by atoms with Gasteiger partial charge in [0, 0.05) is 19.5 Å². The number of para-hydroxylation sites is 1. The minimum Gasteiger partial charge on any atom is -0.492 e. The average Bonchev–Trinajstić information content (AvgIpc) is 2.69. The van der Waals surface area contributed by atoms with Gasteiger partial charge in [-0.3, -0.25) is 9.59 Å². The van der Waals surface area contributed by atoms with Crippen molar-refractivity contribution in [3.05, 3.63) is 64.7 Å². The summed E-state index contributed by atoms with van der Waals surface area (Å²) in [7, 11) is 0. The lowest BCUT2D eigenvalue weighted by Gasteiger charge is -2.13. The second kappa shape index (κ2) is 10.7. The van der Waals surface area contributed by atoms with Crippen molar-refractivity contribution in [2.45, 2.75) is 19.0 Å². The molecule has 9 heteroatoms. The number of carbonyl (C=O) groups excluding carboxylic acids is 2. The Balaban J connectivity index is 1.66. The van der Waals surface area contributed by atoms with E-state index in [4.69, 9.17) is 16.3 Å². The van der Waals surface area contributed by atoms with Crippen molar-refractivity contribution >= 4 is 23.4 Å². The van der Waals surface area contributed by atoms with Crippen LogP contribution in [0.2, 0.25) is 5.02 Å². The Hall–Kier alpha value is -2.74. The summed E-state index contributed by atoms with van der Waals surface area (Å²) in [6, 6.07) is 11.5. The Kier molecular flexibility index (Phi) is 8.33. The highest BCUT2D eigenvalue weighted by Gasteiger charge is 2.34. The maximum Gasteiger partial charge on any atom is 0.417 e. The first-order valence-electron chi connectivity index (χ1n) is 8.87. The molecule has 5 nitrogen and oxygen atoms in total. The molecule has 2 amide bonds. The van der Waals surface area contributed by atoms with Crippen molar-refractivity contribution in [3.8, 4) is 5.75 Å². The van der Waals surface area contributed by atoms with Crippen LogP contribution in [0, 0.1) is 0 Å². The van der Waals surface area contributed by atoms with Gasteiger partial charge in [0.15, 0.2) is 0 Å². The van der Waals surface area contributed by atoms with E-state index in [1.54, 1.807) is 24.3 Å². The Labute approximate surface area is 171 Å². The summed E-state index contributed by atoms with van der Waals surface area (Å²) in [5, 5.41) is 5.44. The molecule has 0 heterocycles. The number of hydrogen-bond acceptors (Lipinski definition) is 3. The number of benzene rings is 2. The normalized spacial score (nSPS) is 11.0. The molecule has 0 aromatic heterocycles. The summed E-state index contributed by atoms with van der Waals surface area (Å²) in [4.78, 5) is 23.7. The Morgan fingerprint density at radius 3 is 2.34 bits per heavy atom. The molecule has 2 N–H and O–H groups in total. The van der Waals surface area contributed by atoms with Crippen LogP contribution in [0.3, 0.4) is 0 Å². The van der Waals surface area contributed by atoms with Gasteiger partial charge in [0.05, 0.1) is 22.8 Å². The third-order valence-corrected chi connectivity index (χ3v) is 4.16. The standard InChI is InChI=1S/C20H20ClF3N2O3/c21-16-8-3-4-9-17(16)29-13-5-10-18(27)25-11-12-26-19(28)14-6-1-2-7-15(14)20(22,23)24/h1-4,6-9H,5,10-13H2,(H,25,27)(H,26,28). The smallest absolute Gasteiger partial charge is 0.417 e. The highest BCUT2D eigenvalue weighted by Crippen LogP contribution is 2.31. The lowest BCUT2D eigenvalue weighted by molar-refractivity contribution is -0.138. The van der Waals surface area contributed by atoms with E-state index in [0.29, 0.717) is 23.8 Å². The molecule has 156 valence electrons. The topological polar surface area (TPSA) is 67.4 Å². The average molecular weight is 429 g/mol. The summed E-state index contributed by atoms with van der Waals surface area (Å²) < 4.78 is 44.3. The van der Waals surface area contributed by atoms with Crippen molar-refractivity contribution in [2.24, 2.45) is 0 Å². The number of hydrogen-bond donors (Lipinski definition) is 2. The molecule has 0 fully saturated rings. The largest absolute Gasteiger partial charge is 0.492 e. The molecule has 0 spiro atoms. The number of alkyl halides is 3. The first-order chi connectivity index (χ1) is 13.8. The van der Waals surface area contributed by atoms with Gasteiger partial charge in [-0.2, -0.15) is 13.2 Å². The van der Waals surface area contributed by atoms with Gasteiger partial charge in [-0.15, -0.1) is 0 Å². The minimum atomic E-state index is -4.62. The fraction of sp³-hybridized carbons (Fsp3) is 0.300. The quantitative estimate of drug-likeness (QED) is 0.592. The molecule has 2 rings (SSSR count). The molecule has 29 heavy (non-hydrogen) atoms. The van der Waals surface area contributed by atoms with Crippen LogP contribution in [0.15, 0.2) is 48.5 Å². The summed E-state index contributed by atoms with van der Waals surface area (Å²) in [5.74, 6) is -0.561. The highest BCUT2D eigenvalue weighted by atomic mass is 35.5. The molecular formula is C20H20ClF3N2O3. The summed E-state index contributed by atoms with van der Waals surface area (Å²) in [6.45, 7) is 0.416. The van der Waals surface area contributed by atoms with Crippen LogP contribution >= 0.6 is 11.6 Å². The van der Waals surface area contributed by atoms with E-state index in [9.17, 15) is 22.8 Å². The van der Waals surface area contributed by atoms with E-state index in [1.807, 2.05) is 0 Å². The summed E-state index contributed by atoms with van der Waals surface area (Å²) in [6.07, 6.45) is -3.95. The number of carbonyl (C=O) groups is 2. The highest BCUT2D eigenvalue weighted by molar-refractivity contribution is 6.32. The van der Waals surface area contributed by atoms with Crippen LogP contribution in [0.25, 0.3) is 0 Å². The summed E-state index contributed by atoms with van der Waals surface area (Å²) in [5.41, 5.74) is -1.46. The number of halogens is 4. The van der Waals surface area contributed by atoms with Gasteiger partial charge in [-0.05, 0) is 30.7 Å². The van der Waals surface area contributed by atoms with Crippen LogP contribution in [-0.2, 0) is 11.0 Å². The molecule has 2 aromatic carbocycles. The van der Waals surface area contributed by atoms with E-state index >= 15 is 0 Å². The van der Waals surface area contributed by atoms with Crippen LogP contribution in [0.1, 0.15) is 28.8 Å². The molecule has 0 radical (unpaired) electrons. The van der Waals surface area contributed by atoms with Gasteiger partial charge in [0.2, 0.25) is 5.91 Å². The first kappa shape index (κ1) is 22.5. The molecule has 0 atom stereocenters. The van der Waals surface area contributed by atoms with Crippen molar-refractivity contribution < 1.29 is 27.5 Å². The molecule has 0 bridgehead atoms. The Morgan fingerprint density at radius 2 is 1.62 bits per heavy atom. The third-order valence-electron chi connectivity index (χ3n) is 3.85. The van der Waals surface area contributed by atoms with Gasteiger partial charge in [0.1, 0.15) is 5.75 Å². The molecule has 0 saturated heterocycles. The number of nitrogens with one attached hydrogen (secondary N) is 2. The first-order valence-corrected chi connectivity index (χ1v) is 9.25. The Bertz CT molecular complexity index is 844. The van der Waals surface area contributed by atoms with Crippen molar-refractivity contribution in [1.82, 2.24) is 10.6 Å². The van der Waals surface area contributed by atoms with E-state index in [2.05, 4.69) is 10.6 Å². The SMILES string of the molecule is O=C(CCCOc1ccccc1Cl)NCCNC(=O)c1ccccc1C(F)(F)F. The zero-order valence-electron chi connectivity index (χ0n) is 15.4. The molecule has 0 aliphatic rings. The zero-order chi connectivity index (χ0) is 21.3. The third kappa shape index (κ3) is 7.30. The van der Waals surface area contributed by atoms with Crippen LogP contribution in [-0.4, -0.2) is 31.5 Å². The van der Waals surface area contributed by atoms with Gasteiger partial charge in [-0.25, -0.2) is 0 Å². The van der Waals surface area contributed by atoms with Crippen molar-refractivity contribution in [1.29, 1.82) is 0 Å². The monoisotopic (exact) mass is 428 g/mol. The predicted molar refractivity (Wildman–Crippen MR) is 103 cm³/mol. The fourth-order valence-corrected chi connectivity index (χ4v) is 2.66. The van der Waals surface area contributed by atoms with E-state index in [0.717, 1.165) is 12.1 Å². The van der Waals surface area contributed by atoms with E-state index in [-0.39, 0.29) is 25.4 Å². The van der Waals surface area contributed by atoms with Crippen molar-refractivity contribution in [3.63, 3.8) is 0 Å². The molecule has 2 aromatic rings. The van der Waals surface area contributed by atoms with Gasteiger partial charge in [0.25, 0.3) is 5.91 Å². The van der Waals surface area contributed by atoms with Crippen LogP contribution < -0.4 is 15.4 Å². The molecular weight excluding hydrogens is 409 g/mol. The second-order valence-corrected chi connectivity index (χ2v) is 6.44. The molecule has 0 unspecified atom stereocenters. The molecule has 0 aliphatic heterocycles. The predicted octanol–water partition coefficient (Wildman–Crippen LogP) is 4.06. The van der Waals surface area contributed by atoms with Gasteiger partial charge < -0.3 is 15.4 Å². The number of amides is 2. The second-order valence-electron chi connectivity index (χ2n) is 6.03. The Morgan fingerprint density at radius 1 is 0.966 bits per heavy atom. The van der Waals surface area contributed by atoms with E-state index < -0.39 is 23.2 Å². The minimum absolute atomic E-state index is 0.00683.